The van der Waals surface area contributed by atoms with Gasteiger partial charge < -0.3 is 4.42 Å². The highest BCUT2D eigenvalue weighted by Gasteiger charge is 1.96. The predicted molar refractivity (Wildman–Crippen MR) is 40.4 cm³/mol. The molecular weight excluding hydrogens is 126 g/mol. The maximum atomic E-state index is 5.02. The van der Waals surface area contributed by atoms with Crippen LogP contribution >= 0.6 is 0 Å². The molecular formula is C8H9NO. The molecule has 0 fully saturated rings. The second-order valence-electron chi connectivity index (χ2n) is 1.92. The van der Waals surface area contributed by atoms with E-state index >= 15 is 0 Å². The summed E-state index contributed by atoms with van der Waals surface area (Å²) in [4.78, 5) is 3.95. The molecule has 1 aromatic heterocycles. The number of nitrogens with zero attached hydrogens (tertiary/aromatic N) is 1. The second-order valence-corrected chi connectivity index (χ2v) is 1.92. The lowest BCUT2D eigenvalue weighted by Crippen LogP contribution is -1.75. The summed E-state index contributed by atoms with van der Waals surface area (Å²) in [6.07, 6.45) is 6.73. The normalized spacial score (nSPS) is 11.5. The second kappa shape index (κ2) is 3.01. The van der Waals surface area contributed by atoms with Crippen LogP contribution in [-0.4, -0.2) is 4.98 Å². The summed E-state index contributed by atoms with van der Waals surface area (Å²) in [6, 6.07) is 0. The molecule has 1 aromatic rings. The van der Waals surface area contributed by atoms with Crippen molar-refractivity contribution in [1.82, 2.24) is 4.98 Å². The Balaban J connectivity index is 2.86. The number of hydrogen-bond donors (Lipinski definition) is 0. The van der Waals surface area contributed by atoms with Gasteiger partial charge in [0.2, 0.25) is 5.89 Å². The highest BCUT2D eigenvalue weighted by molar-refractivity contribution is 5.57. The first-order valence-corrected chi connectivity index (χ1v) is 3.04. The Kier molecular flexibility index (Phi) is 2.05. The molecule has 0 aliphatic carbocycles. The Morgan fingerprint density at radius 1 is 1.80 bits per heavy atom. The van der Waals surface area contributed by atoms with Crippen molar-refractivity contribution in [2.45, 2.75) is 6.92 Å². The SMILES string of the molecule is C=C/C=C(\C)c1ncco1. The number of rotatable bonds is 2. The molecule has 0 aliphatic heterocycles. The highest BCUT2D eigenvalue weighted by Crippen LogP contribution is 2.09. The van der Waals surface area contributed by atoms with Crippen LogP contribution in [0.2, 0.25) is 0 Å². The van der Waals surface area contributed by atoms with Gasteiger partial charge in [-0.05, 0) is 6.92 Å². The van der Waals surface area contributed by atoms with Gasteiger partial charge in [0.1, 0.15) is 6.26 Å². The molecule has 0 radical (unpaired) electrons. The summed E-state index contributed by atoms with van der Waals surface area (Å²) in [5.41, 5.74) is 0.986. The fraction of sp³-hybridized carbons (Fsp3) is 0.125. The average Bonchev–Trinajstić information content (AvgIpc) is 2.38. The van der Waals surface area contributed by atoms with Crippen LogP contribution in [0.4, 0.5) is 0 Å². The first kappa shape index (κ1) is 6.81. The summed E-state index contributed by atoms with van der Waals surface area (Å²) < 4.78 is 5.02. The number of hydrogen-bond acceptors (Lipinski definition) is 2. The molecule has 0 N–H and O–H groups in total. The van der Waals surface area contributed by atoms with Gasteiger partial charge >= 0.3 is 0 Å². The van der Waals surface area contributed by atoms with Crippen LogP contribution in [0, 0.1) is 0 Å². The summed E-state index contributed by atoms with van der Waals surface area (Å²) >= 11 is 0. The minimum Gasteiger partial charge on any atom is -0.445 e. The minimum absolute atomic E-state index is 0.653. The van der Waals surface area contributed by atoms with Gasteiger partial charge in [0.15, 0.2) is 0 Å². The third kappa shape index (κ3) is 1.35. The molecule has 0 aliphatic rings. The van der Waals surface area contributed by atoms with Crippen LogP contribution in [0.5, 0.6) is 0 Å². The Labute approximate surface area is 59.9 Å². The summed E-state index contributed by atoms with van der Waals surface area (Å²) in [5.74, 6) is 0.653. The van der Waals surface area contributed by atoms with E-state index in [1.165, 1.54) is 0 Å². The van der Waals surface area contributed by atoms with Gasteiger partial charge in [-0.1, -0.05) is 18.7 Å². The number of allylic oxidation sites excluding steroid dienone is 3. The van der Waals surface area contributed by atoms with Gasteiger partial charge in [-0.25, -0.2) is 4.98 Å². The third-order valence-electron chi connectivity index (χ3n) is 1.14. The third-order valence-corrected chi connectivity index (χ3v) is 1.14. The summed E-state index contributed by atoms with van der Waals surface area (Å²) in [7, 11) is 0. The molecule has 1 rings (SSSR count). The Bertz CT molecular complexity index is 234. The Morgan fingerprint density at radius 2 is 2.60 bits per heavy atom. The largest absolute Gasteiger partial charge is 0.445 e. The van der Waals surface area contributed by atoms with Crippen LogP contribution in [0.3, 0.4) is 0 Å². The maximum Gasteiger partial charge on any atom is 0.221 e. The highest BCUT2D eigenvalue weighted by atomic mass is 16.3. The van der Waals surface area contributed by atoms with Gasteiger partial charge in [-0.2, -0.15) is 0 Å². The van der Waals surface area contributed by atoms with Gasteiger partial charge in [0.05, 0.1) is 6.20 Å². The summed E-state index contributed by atoms with van der Waals surface area (Å²) in [5, 5.41) is 0. The molecule has 1 heterocycles. The molecule has 2 nitrogen and oxygen atoms in total. The van der Waals surface area contributed by atoms with E-state index in [0.717, 1.165) is 5.57 Å². The fourth-order valence-corrected chi connectivity index (χ4v) is 0.666. The first-order valence-electron chi connectivity index (χ1n) is 3.04. The first-order chi connectivity index (χ1) is 4.84. The number of oxazole rings is 1. The quantitative estimate of drug-likeness (QED) is 0.581. The molecule has 0 amide bonds. The molecule has 10 heavy (non-hydrogen) atoms. The molecule has 2 heteroatoms. The zero-order valence-corrected chi connectivity index (χ0v) is 5.87. The van der Waals surface area contributed by atoms with Crippen molar-refractivity contribution in [2.24, 2.45) is 0 Å². The minimum atomic E-state index is 0.653. The van der Waals surface area contributed by atoms with Crippen molar-refractivity contribution in [1.29, 1.82) is 0 Å². The monoisotopic (exact) mass is 135 g/mol. The molecule has 0 spiro atoms. The van der Waals surface area contributed by atoms with Gasteiger partial charge in [0, 0.05) is 5.57 Å². The van der Waals surface area contributed by atoms with Crippen molar-refractivity contribution in [3.05, 3.63) is 37.1 Å². The van der Waals surface area contributed by atoms with E-state index < -0.39 is 0 Å². The van der Waals surface area contributed by atoms with Crippen molar-refractivity contribution in [3.63, 3.8) is 0 Å². The van der Waals surface area contributed by atoms with Crippen molar-refractivity contribution < 1.29 is 4.42 Å². The molecule has 52 valence electrons. The average molecular weight is 135 g/mol. The van der Waals surface area contributed by atoms with Gasteiger partial charge in [0.25, 0.3) is 0 Å². The van der Waals surface area contributed by atoms with Crippen LogP contribution < -0.4 is 0 Å². The molecule has 0 atom stereocenters. The van der Waals surface area contributed by atoms with Crippen molar-refractivity contribution in [2.75, 3.05) is 0 Å². The zero-order chi connectivity index (χ0) is 7.40. The molecule has 0 aromatic carbocycles. The van der Waals surface area contributed by atoms with Crippen LogP contribution in [0.25, 0.3) is 5.57 Å². The predicted octanol–water partition coefficient (Wildman–Crippen LogP) is 2.26. The summed E-state index contributed by atoms with van der Waals surface area (Å²) in [6.45, 7) is 5.49. The van der Waals surface area contributed by atoms with Crippen LogP contribution in [0.1, 0.15) is 12.8 Å². The van der Waals surface area contributed by atoms with E-state index in [0.29, 0.717) is 5.89 Å². The molecule has 0 bridgehead atoms. The van der Waals surface area contributed by atoms with Gasteiger partial charge in [-0.15, -0.1) is 0 Å². The maximum absolute atomic E-state index is 5.02. The lowest BCUT2D eigenvalue weighted by atomic mass is 10.3. The number of aromatic nitrogens is 1. The topological polar surface area (TPSA) is 26.0 Å². The van der Waals surface area contributed by atoms with E-state index in [1.807, 2.05) is 13.0 Å². The standard InChI is InChI=1S/C8H9NO/c1-3-4-7(2)8-9-5-6-10-8/h3-6H,1H2,2H3/b7-4+. The lowest BCUT2D eigenvalue weighted by molar-refractivity contribution is 0.542. The Hall–Kier alpha value is -1.31. The Morgan fingerprint density at radius 3 is 3.10 bits per heavy atom. The van der Waals surface area contributed by atoms with E-state index in [1.54, 1.807) is 18.5 Å². The van der Waals surface area contributed by atoms with Gasteiger partial charge in [-0.3, -0.25) is 0 Å². The zero-order valence-electron chi connectivity index (χ0n) is 5.87. The lowest BCUT2D eigenvalue weighted by Gasteiger charge is -1.88. The van der Waals surface area contributed by atoms with Crippen molar-refractivity contribution in [3.8, 4) is 0 Å². The molecule has 0 saturated carbocycles. The fourth-order valence-electron chi connectivity index (χ4n) is 0.666. The van der Waals surface area contributed by atoms with E-state index in [-0.39, 0.29) is 0 Å². The van der Waals surface area contributed by atoms with Crippen LogP contribution in [-0.2, 0) is 0 Å². The smallest absolute Gasteiger partial charge is 0.221 e. The van der Waals surface area contributed by atoms with E-state index in [9.17, 15) is 0 Å². The molecule has 0 saturated heterocycles. The van der Waals surface area contributed by atoms with Crippen molar-refractivity contribution >= 4 is 5.57 Å². The van der Waals surface area contributed by atoms with E-state index in [2.05, 4.69) is 11.6 Å². The van der Waals surface area contributed by atoms with Crippen LogP contribution in [0.15, 0.2) is 35.6 Å². The van der Waals surface area contributed by atoms with E-state index in [4.69, 9.17) is 4.42 Å². The molecule has 0 unspecified atom stereocenters.